The second kappa shape index (κ2) is 7.13. The van der Waals surface area contributed by atoms with Crippen LogP contribution in [0.5, 0.6) is 0 Å². The summed E-state index contributed by atoms with van der Waals surface area (Å²) in [6, 6.07) is 6.50. The van der Waals surface area contributed by atoms with Gasteiger partial charge in [0, 0.05) is 27.3 Å². The van der Waals surface area contributed by atoms with Gasteiger partial charge in [0.25, 0.3) is 0 Å². The first-order valence-electron chi connectivity index (χ1n) is 5.09. The third kappa shape index (κ3) is 5.79. The number of carboxylic acid groups (broad SMARTS) is 1. The van der Waals surface area contributed by atoms with Crippen LogP contribution in [0.2, 0.25) is 5.02 Å². The first-order chi connectivity index (χ1) is 8.47. The number of halogens is 1. The number of carbonyl (C=O) groups is 2. The van der Waals surface area contributed by atoms with Crippen molar-refractivity contribution in [2.45, 2.75) is 6.42 Å². The summed E-state index contributed by atoms with van der Waals surface area (Å²) in [6.07, 6.45) is -0.208. The van der Waals surface area contributed by atoms with E-state index in [4.69, 9.17) is 16.7 Å². The molecule has 7 heteroatoms. The van der Waals surface area contributed by atoms with Gasteiger partial charge in [0.2, 0.25) is 5.91 Å². The van der Waals surface area contributed by atoms with E-state index in [0.29, 0.717) is 10.7 Å². The van der Waals surface area contributed by atoms with Crippen LogP contribution >= 0.6 is 11.6 Å². The fraction of sp³-hybridized carbons (Fsp3) is 0.273. The first-order valence-corrected chi connectivity index (χ1v) is 6.96. The number of anilines is 1. The average Bonchev–Trinajstić information content (AvgIpc) is 2.29. The Morgan fingerprint density at radius 2 is 1.89 bits per heavy atom. The van der Waals surface area contributed by atoms with Crippen LogP contribution in [0.15, 0.2) is 24.3 Å². The van der Waals surface area contributed by atoms with Gasteiger partial charge in [-0.2, -0.15) is 0 Å². The summed E-state index contributed by atoms with van der Waals surface area (Å²) >= 11 is 5.69. The Balaban J connectivity index is 2.39. The van der Waals surface area contributed by atoms with Crippen LogP contribution in [0, 0.1) is 0 Å². The molecule has 5 nitrogen and oxygen atoms in total. The summed E-state index contributed by atoms with van der Waals surface area (Å²) in [7, 11) is -1.47. The van der Waals surface area contributed by atoms with Crippen molar-refractivity contribution in [3.05, 3.63) is 29.3 Å². The zero-order valence-electron chi connectivity index (χ0n) is 9.39. The highest BCUT2D eigenvalue weighted by atomic mass is 35.5. The van der Waals surface area contributed by atoms with Crippen molar-refractivity contribution in [2.24, 2.45) is 0 Å². The first kappa shape index (κ1) is 14.7. The van der Waals surface area contributed by atoms with E-state index >= 15 is 0 Å². The fourth-order valence-electron chi connectivity index (χ4n) is 1.15. The largest absolute Gasteiger partial charge is 0.481 e. The Kier molecular flexibility index (Phi) is 5.80. The Labute approximate surface area is 112 Å². The standard InChI is InChI=1S/C11H12ClNO4S/c12-8-1-3-9(4-2-8)13-10(14)7-18(17)6-5-11(15)16/h1-4H,5-7H2,(H,13,14)(H,15,16). The molecule has 0 spiro atoms. The van der Waals surface area contributed by atoms with Gasteiger partial charge in [0.1, 0.15) is 5.75 Å². The highest BCUT2D eigenvalue weighted by molar-refractivity contribution is 7.85. The van der Waals surface area contributed by atoms with Gasteiger partial charge in [0.15, 0.2) is 0 Å². The van der Waals surface area contributed by atoms with E-state index in [1.807, 2.05) is 0 Å². The van der Waals surface area contributed by atoms with Gasteiger partial charge in [-0.05, 0) is 24.3 Å². The van der Waals surface area contributed by atoms with Gasteiger partial charge in [-0.1, -0.05) is 11.6 Å². The van der Waals surface area contributed by atoms with Crippen molar-refractivity contribution in [3.8, 4) is 0 Å². The Morgan fingerprint density at radius 3 is 2.44 bits per heavy atom. The number of aliphatic carboxylic acids is 1. The molecule has 0 aromatic heterocycles. The van der Waals surface area contributed by atoms with Crippen LogP contribution < -0.4 is 5.32 Å². The van der Waals surface area contributed by atoms with Crippen LogP contribution in [0.25, 0.3) is 0 Å². The van der Waals surface area contributed by atoms with Crippen molar-refractivity contribution >= 4 is 40.0 Å². The minimum atomic E-state index is -1.47. The predicted octanol–water partition coefficient (Wildman–Crippen LogP) is 1.50. The Bertz CT molecular complexity index is 461. The van der Waals surface area contributed by atoms with Crippen molar-refractivity contribution in [1.29, 1.82) is 0 Å². The smallest absolute Gasteiger partial charge is 0.304 e. The lowest BCUT2D eigenvalue weighted by molar-refractivity contribution is -0.136. The number of amides is 1. The molecule has 1 amide bonds. The minimum Gasteiger partial charge on any atom is -0.481 e. The molecule has 98 valence electrons. The lowest BCUT2D eigenvalue weighted by Gasteiger charge is -2.04. The lowest BCUT2D eigenvalue weighted by atomic mass is 10.3. The zero-order valence-corrected chi connectivity index (χ0v) is 11.0. The number of nitrogens with one attached hydrogen (secondary N) is 1. The third-order valence-electron chi connectivity index (χ3n) is 1.96. The van der Waals surface area contributed by atoms with Gasteiger partial charge in [-0.15, -0.1) is 0 Å². The number of benzene rings is 1. The molecule has 1 atom stereocenters. The predicted molar refractivity (Wildman–Crippen MR) is 70.2 cm³/mol. The number of carbonyl (C=O) groups excluding carboxylic acids is 1. The maximum Gasteiger partial charge on any atom is 0.304 e. The lowest BCUT2D eigenvalue weighted by Crippen LogP contribution is -2.21. The third-order valence-corrected chi connectivity index (χ3v) is 3.46. The molecular formula is C11H12ClNO4S. The summed E-state index contributed by atoms with van der Waals surface area (Å²) in [4.78, 5) is 21.7. The Hall–Kier alpha value is -1.40. The van der Waals surface area contributed by atoms with Crippen molar-refractivity contribution < 1.29 is 18.9 Å². The molecule has 2 N–H and O–H groups in total. The molecule has 1 unspecified atom stereocenters. The van der Waals surface area contributed by atoms with E-state index in [2.05, 4.69) is 5.32 Å². The molecule has 0 saturated carbocycles. The molecule has 0 aliphatic heterocycles. The van der Waals surface area contributed by atoms with E-state index in [1.165, 1.54) is 0 Å². The molecular weight excluding hydrogens is 278 g/mol. The molecule has 0 saturated heterocycles. The number of hydrogen-bond donors (Lipinski definition) is 2. The Morgan fingerprint density at radius 1 is 1.28 bits per heavy atom. The molecule has 0 radical (unpaired) electrons. The average molecular weight is 290 g/mol. The molecule has 0 fully saturated rings. The van der Waals surface area contributed by atoms with Crippen molar-refractivity contribution in [1.82, 2.24) is 0 Å². The quantitative estimate of drug-likeness (QED) is 0.831. The summed E-state index contributed by atoms with van der Waals surface area (Å²) in [6.45, 7) is 0. The molecule has 18 heavy (non-hydrogen) atoms. The molecule has 0 bridgehead atoms. The molecule has 0 aliphatic rings. The summed E-state index contributed by atoms with van der Waals surface area (Å²) in [5, 5.41) is 11.5. The topological polar surface area (TPSA) is 83.5 Å². The van der Waals surface area contributed by atoms with Crippen LogP contribution in [0.3, 0.4) is 0 Å². The second-order valence-electron chi connectivity index (χ2n) is 3.49. The van der Waals surface area contributed by atoms with Gasteiger partial charge in [-0.3, -0.25) is 13.8 Å². The number of hydrogen-bond acceptors (Lipinski definition) is 3. The van der Waals surface area contributed by atoms with Crippen LogP contribution in [0.4, 0.5) is 5.69 Å². The van der Waals surface area contributed by atoms with Crippen LogP contribution in [-0.4, -0.2) is 32.7 Å². The minimum absolute atomic E-state index is 0.0244. The molecule has 0 aliphatic carbocycles. The van der Waals surface area contributed by atoms with Gasteiger partial charge >= 0.3 is 5.97 Å². The zero-order chi connectivity index (χ0) is 13.5. The normalized spacial score (nSPS) is 11.8. The maximum atomic E-state index is 11.5. The second-order valence-corrected chi connectivity index (χ2v) is 5.50. The van der Waals surface area contributed by atoms with E-state index in [-0.39, 0.29) is 17.9 Å². The molecule has 1 rings (SSSR count). The number of rotatable bonds is 6. The molecule has 1 aromatic rings. The summed E-state index contributed by atoms with van der Waals surface area (Å²) < 4.78 is 11.4. The SMILES string of the molecule is O=C(O)CCS(=O)CC(=O)Nc1ccc(Cl)cc1. The van der Waals surface area contributed by atoms with Crippen molar-refractivity contribution in [3.63, 3.8) is 0 Å². The van der Waals surface area contributed by atoms with Gasteiger partial charge < -0.3 is 10.4 Å². The maximum absolute atomic E-state index is 11.5. The number of carboxylic acids is 1. The molecule has 0 heterocycles. The van der Waals surface area contributed by atoms with Gasteiger partial charge in [-0.25, -0.2) is 0 Å². The molecule has 1 aromatic carbocycles. The van der Waals surface area contributed by atoms with Crippen LogP contribution in [0.1, 0.15) is 6.42 Å². The van der Waals surface area contributed by atoms with Crippen molar-refractivity contribution in [2.75, 3.05) is 16.8 Å². The van der Waals surface area contributed by atoms with E-state index < -0.39 is 22.7 Å². The highest BCUT2D eigenvalue weighted by Crippen LogP contribution is 2.13. The summed E-state index contributed by atoms with van der Waals surface area (Å²) in [5.74, 6) is -1.68. The highest BCUT2D eigenvalue weighted by Gasteiger charge is 2.09. The fourth-order valence-corrected chi connectivity index (χ4v) is 2.19. The summed E-state index contributed by atoms with van der Waals surface area (Å²) in [5.41, 5.74) is 0.555. The van der Waals surface area contributed by atoms with Crippen LogP contribution in [-0.2, 0) is 20.4 Å². The monoisotopic (exact) mass is 289 g/mol. The van der Waals surface area contributed by atoms with E-state index in [1.54, 1.807) is 24.3 Å². The van der Waals surface area contributed by atoms with Gasteiger partial charge in [0.05, 0.1) is 6.42 Å². The van der Waals surface area contributed by atoms with E-state index in [9.17, 15) is 13.8 Å². The van der Waals surface area contributed by atoms with E-state index in [0.717, 1.165) is 0 Å².